The van der Waals surface area contributed by atoms with Crippen LogP contribution in [-0.2, 0) is 19.7 Å². The van der Waals surface area contributed by atoms with Crippen molar-refractivity contribution in [2.75, 3.05) is 16.8 Å². The highest BCUT2D eigenvalue weighted by atomic mass is 32.2. The van der Waals surface area contributed by atoms with E-state index >= 15 is 0 Å². The zero-order valence-electron chi connectivity index (χ0n) is 14.4. The predicted octanol–water partition coefficient (Wildman–Crippen LogP) is 1.91. The van der Waals surface area contributed by atoms with E-state index in [1.54, 1.807) is 0 Å². The molecule has 1 heterocycles. The van der Waals surface area contributed by atoms with Crippen LogP contribution in [0.25, 0.3) is 0 Å². The number of nitrogens with one attached hydrogen (secondary N) is 1. The van der Waals surface area contributed by atoms with E-state index in [1.165, 1.54) is 24.3 Å². The molecule has 1 amide bonds. The van der Waals surface area contributed by atoms with Gasteiger partial charge in [-0.3, -0.25) is 4.79 Å². The van der Waals surface area contributed by atoms with E-state index in [1.807, 2.05) is 6.07 Å². The van der Waals surface area contributed by atoms with Gasteiger partial charge in [0.15, 0.2) is 19.7 Å². The molecule has 3 rings (SSSR count). The standard InChI is InChI=1S/C18H15FN2O5S2/c19-17-6-5-14(28(25,26)15-7-8-27(23,24)11-15)9-16(17)18(22)21-13-3-1-12(10-20)2-4-13/h1-6,9,15H,7-8,11H2,(H,21,22). The number of rotatable bonds is 4. The van der Waals surface area contributed by atoms with E-state index in [9.17, 15) is 26.0 Å². The molecule has 1 atom stereocenters. The van der Waals surface area contributed by atoms with Gasteiger partial charge < -0.3 is 5.32 Å². The lowest BCUT2D eigenvalue weighted by Crippen LogP contribution is -2.23. The maximum atomic E-state index is 14.1. The zero-order valence-corrected chi connectivity index (χ0v) is 16.1. The first-order chi connectivity index (χ1) is 13.1. The number of hydrogen-bond donors (Lipinski definition) is 1. The second-order valence-corrected chi connectivity index (χ2v) is 10.8. The van der Waals surface area contributed by atoms with Crippen molar-refractivity contribution in [1.29, 1.82) is 5.26 Å². The van der Waals surface area contributed by atoms with Crippen molar-refractivity contribution in [3.63, 3.8) is 0 Å². The average molecular weight is 422 g/mol. The Bertz CT molecular complexity index is 1180. The fraction of sp³-hybridized carbons (Fsp3) is 0.222. The average Bonchev–Trinajstić information content (AvgIpc) is 3.03. The third-order valence-corrected chi connectivity index (χ3v) is 8.58. The molecule has 0 aromatic heterocycles. The van der Waals surface area contributed by atoms with Crippen LogP contribution in [0.1, 0.15) is 22.3 Å². The molecule has 0 aliphatic carbocycles. The van der Waals surface area contributed by atoms with E-state index < -0.39 is 48.0 Å². The van der Waals surface area contributed by atoms with Crippen LogP contribution in [0.4, 0.5) is 10.1 Å². The highest BCUT2D eigenvalue weighted by molar-refractivity contribution is 7.96. The summed E-state index contributed by atoms with van der Waals surface area (Å²) in [6.07, 6.45) is -0.0329. The van der Waals surface area contributed by atoms with Crippen LogP contribution in [-0.4, -0.2) is 39.5 Å². The molecule has 7 nitrogen and oxygen atoms in total. The summed E-state index contributed by atoms with van der Waals surface area (Å²) in [4.78, 5) is 12.1. The molecule has 146 valence electrons. The molecule has 0 saturated carbocycles. The second kappa shape index (κ2) is 7.33. The summed E-state index contributed by atoms with van der Waals surface area (Å²) in [6.45, 7) is 0. The minimum Gasteiger partial charge on any atom is -0.322 e. The van der Waals surface area contributed by atoms with Crippen LogP contribution in [0, 0.1) is 17.1 Å². The fourth-order valence-electron chi connectivity index (χ4n) is 2.88. The fourth-order valence-corrected chi connectivity index (χ4v) is 7.26. The molecular weight excluding hydrogens is 407 g/mol. The van der Waals surface area contributed by atoms with E-state index in [4.69, 9.17) is 5.26 Å². The SMILES string of the molecule is N#Cc1ccc(NC(=O)c2cc(S(=O)(=O)C3CCS(=O)(=O)C3)ccc2F)cc1. The molecule has 1 N–H and O–H groups in total. The van der Waals surface area contributed by atoms with Crippen LogP contribution in [0.2, 0.25) is 0 Å². The molecule has 1 aliphatic heterocycles. The Morgan fingerprint density at radius 1 is 1.18 bits per heavy atom. The number of carbonyl (C=O) groups is 1. The molecule has 0 radical (unpaired) electrons. The summed E-state index contributed by atoms with van der Waals surface area (Å²) in [5.74, 6) is -2.48. The van der Waals surface area contributed by atoms with Crippen LogP contribution >= 0.6 is 0 Å². The number of benzene rings is 2. The van der Waals surface area contributed by atoms with Crippen molar-refractivity contribution in [3.05, 3.63) is 59.4 Å². The summed E-state index contributed by atoms with van der Waals surface area (Å²) in [5, 5.41) is 10.1. The van der Waals surface area contributed by atoms with Gasteiger partial charge in [-0.05, 0) is 48.9 Å². The minimum absolute atomic E-state index is 0.0329. The molecule has 0 bridgehead atoms. The van der Waals surface area contributed by atoms with Gasteiger partial charge in [0.05, 0.1) is 38.8 Å². The number of amides is 1. The van der Waals surface area contributed by atoms with Gasteiger partial charge in [0.2, 0.25) is 0 Å². The lowest BCUT2D eigenvalue weighted by atomic mass is 10.2. The lowest BCUT2D eigenvalue weighted by molar-refractivity contribution is 0.102. The van der Waals surface area contributed by atoms with Crippen LogP contribution in [0.15, 0.2) is 47.4 Å². The Balaban J connectivity index is 1.88. The summed E-state index contributed by atoms with van der Waals surface area (Å²) in [7, 11) is -7.45. The van der Waals surface area contributed by atoms with Crippen molar-refractivity contribution in [2.24, 2.45) is 0 Å². The maximum Gasteiger partial charge on any atom is 0.258 e. The van der Waals surface area contributed by atoms with Gasteiger partial charge in [0, 0.05) is 5.69 Å². The molecule has 1 unspecified atom stereocenters. The summed E-state index contributed by atoms with van der Waals surface area (Å²) in [5.41, 5.74) is 0.202. The molecule has 1 saturated heterocycles. The Morgan fingerprint density at radius 3 is 2.43 bits per heavy atom. The van der Waals surface area contributed by atoms with Gasteiger partial charge in [0.25, 0.3) is 5.91 Å². The minimum atomic E-state index is -4.03. The number of carbonyl (C=O) groups excluding carboxylic acids is 1. The van der Waals surface area contributed by atoms with Crippen molar-refractivity contribution in [1.82, 2.24) is 0 Å². The number of nitrogens with zero attached hydrogens (tertiary/aromatic N) is 1. The first kappa shape index (κ1) is 20.0. The third kappa shape index (κ3) is 4.05. The molecule has 10 heteroatoms. The monoisotopic (exact) mass is 422 g/mol. The van der Waals surface area contributed by atoms with E-state index in [-0.39, 0.29) is 17.1 Å². The Morgan fingerprint density at radius 2 is 1.86 bits per heavy atom. The summed E-state index contributed by atoms with van der Waals surface area (Å²) >= 11 is 0. The maximum absolute atomic E-state index is 14.1. The highest BCUT2D eigenvalue weighted by Gasteiger charge is 2.38. The van der Waals surface area contributed by atoms with Crippen LogP contribution in [0.3, 0.4) is 0 Å². The lowest BCUT2D eigenvalue weighted by Gasteiger charge is -2.12. The first-order valence-corrected chi connectivity index (χ1v) is 11.5. The van der Waals surface area contributed by atoms with Gasteiger partial charge in [0.1, 0.15) is 5.82 Å². The number of nitriles is 1. The van der Waals surface area contributed by atoms with Crippen LogP contribution < -0.4 is 5.32 Å². The summed E-state index contributed by atoms with van der Waals surface area (Å²) < 4.78 is 62.7. The number of hydrogen-bond acceptors (Lipinski definition) is 6. The molecule has 1 aliphatic rings. The number of sulfone groups is 2. The largest absolute Gasteiger partial charge is 0.322 e. The predicted molar refractivity (Wildman–Crippen MR) is 99.8 cm³/mol. The first-order valence-electron chi connectivity index (χ1n) is 8.18. The van der Waals surface area contributed by atoms with Crippen LogP contribution in [0.5, 0.6) is 0 Å². The van der Waals surface area contributed by atoms with Gasteiger partial charge in [-0.15, -0.1) is 0 Å². The Kier molecular flexibility index (Phi) is 5.23. The number of halogens is 1. The number of anilines is 1. The van der Waals surface area contributed by atoms with Crippen molar-refractivity contribution < 1.29 is 26.0 Å². The quantitative estimate of drug-likeness (QED) is 0.752. The molecule has 2 aromatic rings. The molecule has 1 fully saturated rings. The van der Waals surface area contributed by atoms with Crippen molar-refractivity contribution >= 4 is 31.3 Å². The van der Waals surface area contributed by atoms with Gasteiger partial charge in [-0.1, -0.05) is 0 Å². The molecule has 28 heavy (non-hydrogen) atoms. The Hall–Kier alpha value is -2.77. The zero-order chi connectivity index (χ0) is 20.5. The van der Waals surface area contributed by atoms with Crippen molar-refractivity contribution in [3.8, 4) is 6.07 Å². The smallest absolute Gasteiger partial charge is 0.258 e. The summed E-state index contributed by atoms with van der Waals surface area (Å²) in [6, 6.07) is 10.6. The van der Waals surface area contributed by atoms with E-state index in [2.05, 4.69) is 5.32 Å². The normalized spacial score (nSPS) is 18.4. The highest BCUT2D eigenvalue weighted by Crippen LogP contribution is 2.27. The molecular formula is C18H15FN2O5S2. The third-order valence-electron chi connectivity index (χ3n) is 4.41. The van der Waals surface area contributed by atoms with Crippen molar-refractivity contribution in [2.45, 2.75) is 16.6 Å². The van der Waals surface area contributed by atoms with Gasteiger partial charge >= 0.3 is 0 Å². The second-order valence-electron chi connectivity index (χ2n) is 6.35. The van der Waals surface area contributed by atoms with E-state index in [0.29, 0.717) is 11.3 Å². The van der Waals surface area contributed by atoms with Gasteiger partial charge in [-0.25, -0.2) is 21.2 Å². The molecule has 0 spiro atoms. The van der Waals surface area contributed by atoms with Gasteiger partial charge in [-0.2, -0.15) is 5.26 Å². The topological polar surface area (TPSA) is 121 Å². The van der Waals surface area contributed by atoms with E-state index in [0.717, 1.165) is 18.2 Å². The molecule has 2 aromatic carbocycles. The Labute approximate surface area is 161 Å².